The third-order valence-electron chi connectivity index (χ3n) is 9.25. The van der Waals surface area contributed by atoms with Crippen molar-refractivity contribution in [3.05, 3.63) is 0 Å². The van der Waals surface area contributed by atoms with Gasteiger partial charge in [0, 0.05) is 5.92 Å². The van der Waals surface area contributed by atoms with E-state index in [0.717, 1.165) is 29.4 Å². The van der Waals surface area contributed by atoms with Gasteiger partial charge in [0.15, 0.2) is 0 Å². The molecule has 1 N–H and O–H groups in total. The van der Waals surface area contributed by atoms with E-state index < -0.39 is 0 Å². The second-order valence-corrected chi connectivity index (χ2v) is 9.82. The van der Waals surface area contributed by atoms with Gasteiger partial charge in [-0.3, -0.25) is 0 Å². The van der Waals surface area contributed by atoms with Crippen LogP contribution in [0.2, 0.25) is 0 Å². The van der Waals surface area contributed by atoms with Crippen LogP contribution in [-0.2, 0) is 0 Å². The molecule has 4 aliphatic carbocycles. The molecule has 4 aliphatic rings. The van der Waals surface area contributed by atoms with Gasteiger partial charge in [-0.15, -0.1) is 0 Å². The lowest BCUT2D eigenvalue weighted by atomic mass is 9.45. The van der Waals surface area contributed by atoms with Crippen molar-refractivity contribution in [2.24, 2.45) is 45.6 Å². The fourth-order valence-electron chi connectivity index (χ4n) is 8.05. The Balaban J connectivity index is 1.62. The molecule has 0 aromatic carbocycles. The highest BCUT2D eigenvalue weighted by molar-refractivity contribution is 5.84. The van der Waals surface area contributed by atoms with E-state index in [9.17, 15) is 5.21 Å². The summed E-state index contributed by atoms with van der Waals surface area (Å²) in [6.07, 6.45) is 14.3. The zero-order chi connectivity index (χ0) is 16.2. The quantitative estimate of drug-likeness (QED) is 0.365. The van der Waals surface area contributed by atoms with E-state index >= 15 is 0 Å². The molecule has 0 radical (unpaired) electrons. The molecule has 130 valence electrons. The van der Waals surface area contributed by atoms with Gasteiger partial charge in [-0.05, 0) is 92.8 Å². The predicted octanol–water partition coefficient (Wildman–Crippen LogP) is 5.89. The zero-order valence-electron chi connectivity index (χ0n) is 15.4. The highest BCUT2D eigenvalue weighted by atomic mass is 16.4. The van der Waals surface area contributed by atoms with Gasteiger partial charge in [-0.2, -0.15) is 0 Å². The van der Waals surface area contributed by atoms with E-state index in [1.807, 2.05) is 6.92 Å². The van der Waals surface area contributed by atoms with Crippen LogP contribution < -0.4 is 0 Å². The van der Waals surface area contributed by atoms with Crippen LogP contribution in [0, 0.1) is 40.4 Å². The summed E-state index contributed by atoms with van der Waals surface area (Å²) in [4.78, 5) is 0. The van der Waals surface area contributed by atoms with Crippen LogP contribution in [0.5, 0.6) is 0 Å². The first-order valence-electron chi connectivity index (χ1n) is 10.2. The third kappa shape index (κ3) is 2.15. The minimum absolute atomic E-state index is 0.398. The minimum Gasteiger partial charge on any atom is -0.411 e. The Bertz CT molecular complexity index is 500. The van der Waals surface area contributed by atoms with E-state index in [2.05, 4.69) is 19.0 Å². The fraction of sp³-hybridized carbons (Fsp3) is 0.952. The second kappa shape index (κ2) is 5.49. The molecule has 1 unspecified atom stereocenters. The first kappa shape index (κ1) is 16.0. The standard InChI is InChI=1S/C21H35NO/c1-14(22-23)17-9-10-18-16-8-7-15-6-4-5-12-20(15,2)19(16)11-13-21(17,18)3/h15-19,23H,4-13H2,1-3H3/t15-,16-,17-,18?,19-,20+,21-/m1/s1. The molecule has 0 aromatic heterocycles. The molecule has 4 saturated carbocycles. The number of oxime groups is 1. The Kier molecular flexibility index (Phi) is 3.81. The number of hydrogen-bond donors (Lipinski definition) is 1. The molecular weight excluding hydrogens is 282 g/mol. The minimum atomic E-state index is 0.398. The van der Waals surface area contributed by atoms with Gasteiger partial charge in [0.2, 0.25) is 0 Å². The second-order valence-electron chi connectivity index (χ2n) is 9.82. The Morgan fingerprint density at radius 1 is 0.870 bits per heavy atom. The van der Waals surface area contributed by atoms with Gasteiger partial charge in [0.25, 0.3) is 0 Å². The lowest BCUT2D eigenvalue weighted by molar-refractivity contribution is -0.106. The molecule has 0 aliphatic heterocycles. The van der Waals surface area contributed by atoms with Gasteiger partial charge in [-0.25, -0.2) is 0 Å². The molecular formula is C21H35NO. The first-order valence-corrected chi connectivity index (χ1v) is 10.2. The monoisotopic (exact) mass is 317 g/mol. The molecule has 0 amide bonds. The maximum atomic E-state index is 9.32. The maximum Gasteiger partial charge on any atom is 0.0576 e. The largest absolute Gasteiger partial charge is 0.411 e. The highest BCUT2D eigenvalue weighted by Gasteiger charge is 2.59. The highest BCUT2D eigenvalue weighted by Crippen LogP contribution is 2.67. The van der Waals surface area contributed by atoms with Crippen LogP contribution in [-0.4, -0.2) is 10.9 Å². The van der Waals surface area contributed by atoms with E-state index in [0.29, 0.717) is 16.7 Å². The molecule has 0 saturated heterocycles. The van der Waals surface area contributed by atoms with Crippen LogP contribution in [0.1, 0.15) is 85.0 Å². The van der Waals surface area contributed by atoms with E-state index in [1.54, 1.807) is 0 Å². The summed E-state index contributed by atoms with van der Waals surface area (Å²) in [6.45, 7) is 7.22. The zero-order valence-corrected chi connectivity index (χ0v) is 15.4. The molecule has 23 heavy (non-hydrogen) atoms. The van der Waals surface area contributed by atoms with Crippen LogP contribution in [0.3, 0.4) is 0 Å². The maximum absolute atomic E-state index is 9.32. The Morgan fingerprint density at radius 2 is 1.65 bits per heavy atom. The smallest absolute Gasteiger partial charge is 0.0576 e. The fourth-order valence-corrected chi connectivity index (χ4v) is 8.05. The summed E-state index contributed by atoms with van der Waals surface area (Å²) in [5, 5.41) is 12.9. The molecule has 0 heterocycles. The predicted molar refractivity (Wildman–Crippen MR) is 94.7 cm³/mol. The lowest BCUT2D eigenvalue weighted by Gasteiger charge is -2.60. The van der Waals surface area contributed by atoms with E-state index in [-0.39, 0.29) is 0 Å². The van der Waals surface area contributed by atoms with Crippen LogP contribution in [0.15, 0.2) is 5.16 Å². The number of rotatable bonds is 1. The number of hydrogen-bond acceptors (Lipinski definition) is 2. The van der Waals surface area contributed by atoms with Crippen molar-refractivity contribution in [3.63, 3.8) is 0 Å². The van der Waals surface area contributed by atoms with E-state index in [4.69, 9.17) is 0 Å². The molecule has 4 rings (SSSR count). The topological polar surface area (TPSA) is 32.6 Å². The summed E-state index contributed by atoms with van der Waals surface area (Å²) in [6, 6.07) is 0. The van der Waals surface area contributed by atoms with Crippen molar-refractivity contribution in [1.29, 1.82) is 0 Å². The molecule has 7 atom stereocenters. The summed E-state index contributed by atoms with van der Waals surface area (Å²) < 4.78 is 0. The van der Waals surface area contributed by atoms with Gasteiger partial charge >= 0.3 is 0 Å². The van der Waals surface area contributed by atoms with Gasteiger partial charge in [-0.1, -0.05) is 31.8 Å². The van der Waals surface area contributed by atoms with Crippen LogP contribution in [0.25, 0.3) is 0 Å². The molecule has 0 aromatic rings. The molecule has 2 heteroatoms. The van der Waals surface area contributed by atoms with Crippen molar-refractivity contribution >= 4 is 5.71 Å². The molecule has 2 nitrogen and oxygen atoms in total. The Labute approximate surface area is 142 Å². The van der Waals surface area contributed by atoms with E-state index in [1.165, 1.54) is 64.2 Å². The summed E-state index contributed by atoms with van der Waals surface area (Å²) in [5.41, 5.74) is 2.03. The third-order valence-corrected chi connectivity index (χ3v) is 9.25. The van der Waals surface area contributed by atoms with Crippen LogP contribution >= 0.6 is 0 Å². The summed E-state index contributed by atoms with van der Waals surface area (Å²) in [7, 11) is 0. The molecule has 0 bridgehead atoms. The van der Waals surface area contributed by atoms with Crippen molar-refractivity contribution < 1.29 is 5.21 Å². The number of fused-ring (bicyclic) bond motifs is 5. The normalized spacial score (nSPS) is 53.3. The van der Waals surface area contributed by atoms with Gasteiger partial charge < -0.3 is 5.21 Å². The van der Waals surface area contributed by atoms with Crippen LogP contribution in [0.4, 0.5) is 0 Å². The van der Waals surface area contributed by atoms with Crippen molar-refractivity contribution in [1.82, 2.24) is 0 Å². The van der Waals surface area contributed by atoms with Gasteiger partial charge in [0.05, 0.1) is 5.71 Å². The average Bonchev–Trinajstić information content (AvgIpc) is 2.91. The lowest BCUT2D eigenvalue weighted by Crippen LogP contribution is -2.53. The Hall–Kier alpha value is -0.530. The average molecular weight is 318 g/mol. The first-order chi connectivity index (χ1) is 11.0. The Morgan fingerprint density at radius 3 is 2.43 bits per heavy atom. The SMILES string of the molecule is CC(=NO)[C@H]1CCC2[C@H]3CC[C@H]4CCCC[C@]4(C)[C@@H]3CC[C@@]21C. The molecule has 0 spiro atoms. The molecule has 4 fully saturated rings. The summed E-state index contributed by atoms with van der Waals surface area (Å²) in [5.74, 6) is 4.34. The van der Waals surface area contributed by atoms with Crippen molar-refractivity contribution in [2.75, 3.05) is 0 Å². The van der Waals surface area contributed by atoms with Crippen molar-refractivity contribution in [3.8, 4) is 0 Å². The summed E-state index contributed by atoms with van der Waals surface area (Å²) >= 11 is 0. The number of nitrogens with zero attached hydrogens (tertiary/aromatic N) is 1. The van der Waals surface area contributed by atoms with Crippen molar-refractivity contribution in [2.45, 2.75) is 85.0 Å². The van der Waals surface area contributed by atoms with Gasteiger partial charge in [0.1, 0.15) is 0 Å².